The van der Waals surface area contributed by atoms with Crippen LogP contribution in [-0.2, 0) is 0 Å². The van der Waals surface area contributed by atoms with E-state index in [4.69, 9.17) is 0 Å². The molecule has 51 heavy (non-hydrogen) atoms. The van der Waals surface area contributed by atoms with Crippen LogP contribution in [0.4, 0.5) is 0 Å². The quantitative estimate of drug-likeness (QED) is 0.271. The van der Waals surface area contributed by atoms with Crippen molar-refractivity contribution in [2.24, 2.45) is 94.7 Å². The average Bonchev–Trinajstić information content (AvgIpc) is 3.97. The second-order valence-electron chi connectivity index (χ2n) is 19.3. The summed E-state index contributed by atoms with van der Waals surface area (Å²) < 4.78 is 0. The topological polar surface area (TPSA) is 20.2 Å². The fourth-order valence-electron chi connectivity index (χ4n) is 14.6. The van der Waals surface area contributed by atoms with Crippen molar-refractivity contribution in [2.45, 2.75) is 104 Å². The maximum Gasteiger partial charge on any atom is 0.119 e. The number of hydrogen-bond donors (Lipinski definition) is 1. The van der Waals surface area contributed by atoms with E-state index in [0.29, 0.717) is 29.4 Å². The Kier molecular flexibility index (Phi) is 9.42. The summed E-state index contributed by atoms with van der Waals surface area (Å²) in [6, 6.07) is 6.87. The summed E-state index contributed by atoms with van der Waals surface area (Å²) in [4.78, 5) is 0. The number of benzene rings is 1. The Bertz CT molecular complexity index is 1600. The van der Waals surface area contributed by atoms with Gasteiger partial charge >= 0.3 is 0 Å². The molecule has 6 saturated carbocycles. The van der Waals surface area contributed by atoms with Crippen molar-refractivity contribution in [2.75, 3.05) is 0 Å². The Labute approximate surface area is 310 Å². The van der Waals surface area contributed by atoms with Crippen LogP contribution >= 0.6 is 0 Å². The molecule has 0 saturated heterocycles. The molecule has 0 bridgehead atoms. The van der Waals surface area contributed by atoms with Crippen molar-refractivity contribution in [1.82, 2.24) is 0 Å². The van der Waals surface area contributed by atoms with E-state index in [1.54, 1.807) is 0 Å². The number of aromatic hydroxyl groups is 1. The molecule has 0 heterocycles. The highest BCUT2D eigenvalue weighted by atomic mass is 16.3. The van der Waals surface area contributed by atoms with E-state index in [1.807, 2.05) is 0 Å². The summed E-state index contributed by atoms with van der Waals surface area (Å²) in [7, 11) is 0. The molecule has 0 radical (unpaired) electrons. The van der Waals surface area contributed by atoms with Gasteiger partial charge in [-0.25, -0.2) is 0 Å². The molecule has 18 atom stereocenters. The van der Waals surface area contributed by atoms with Crippen LogP contribution in [0.2, 0.25) is 0 Å². The average molecular weight is 683 g/mol. The van der Waals surface area contributed by atoms with Crippen LogP contribution in [0.15, 0.2) is 91.1 Å². The first-order valence-corrected chi connectivity index (χ1v) is 21.7. The molecule has 0 aromatic heterocycles. The van der Waals surface area contributed by atoms with Crippen molar-refractivity contribution in [3.05, 3.63) is 102 Å². The van der Waals surface area contributed by atoms with E-state index in [1.165, 1.54) is 75.3 Å². The van der Waals surface area contributed by atoms with E-state index < -0.39 is 0 Å². The molecule has 272 valence electrons. The third kappa shape index (κ3) is 6.13. The summed E-state index contributed by atoms with van der Waals surface area (Å²) in [5.41, 5.74) is 2.80. The van der Waals surface area contributed by atoms with Gasteiger partial charge in [-0.05, 0) is 202 Å². The van der Waals surface area contributed by atoms with Gasteiger partial charge in [-0.15, -0.1) is 0 Å². The molecule has 8 aliphatic rings. The smallest absolute Gasteiger partial charge is 0.119 e. The molecule has 1 N–H and O–H groups in total. The van der Waals surface area contributed by atoms with Crippen LogP contribution in [0.5, 0.6) is 5.75 Å². The highest BCUT2D eigenvalue weighted by molar-refractivity contribution is 5.41. The zero-order valence-corrected chi connectivity index (χ0v) is 32.1. The van der Waals surface area contributed by atoms with E-state index in [9.17, 15) is 5.11 Å². The Morgan fingerprint density at radius 1 is 0.510 bits per heavy atom. The zero-order valence-electron chi connectivity index (χ0n) is 32.1. The summed E-state index contributed by atoms with van der Waals surface area (Å²) >= 11 is 0. The van der Waals surface area contributed by atoms with Crippen molar-refractivity contribution in [1.29, 1.82) is 0 Å². The van der Waals surface area contributed by atoms with Crippen molar-refractivity contribution in [3.63, 3.8) is 0 Å². The van der Waals surface area contributed by atoms with Crippen molar-refractivity contribution in [3.8, 4) is 5.75 Å². The monoisotopic (exact) mass is 683 g/mol. The standard InChI is InChI=1S/C50H66O/c1-5-9-33-23-37(43-13-7-11-41(33)43)17-15-35-21-30(3)45-26-39(27-47(35)45)32-19-20-50(51)49(25-32)40-28-46-31(4)22-36(48(46)29-40)16-18-38-24-34(10-6-2)42-12-8-14-44(38)42/h5-10,13-20,25,30-31,33-48,51H,11-12,21-24,26-29H2,1-4H3/b9-5+,10-6+,17-15+,18-16+. The minimum Gasteiger partial charge on any atom is -0.508 e. The normalized spacial score (nSPS) is 48.4. The van der Waals surface area contributed by atoms with Crippen LogP contribution in [0.1, 0.15) is 115 Å². The van der Waals surface area contributed by atoms with Gasteiger partial charge in [0.25, 0.3) is 0 Å². The van der Waals surface area contributed by atoms with Crippen molar-refractivity contribution < 1.29 is 5.11 Å². The van der Waals surface area contributed by atoms with E-state index in [2.05, 4.69) is 119 Å². The van der Waals surface area contributed by atoms with Crippen LogP contribution in [0.3, 0.4) is 0 Å². The molecule has 1 aromatic carbocycles. The lowest BCUT2D eigenvalue weighted by Gasteiger charge is -2.21. The number of fused-ring (bicyclic) bond motifs is 4. The van der Waals surface area contributed by atoms with Gasteiger partial charge < -0.3 is 5.11 Å². The summed E-state index contributed by atoms with van der Waals surface area (Å²) in [5.74, 6) is 14.1. The molecule has 18 unspecified atom stereocenters. The largest absolute Gasteiger partial charge is 0.508 e. The van der Waals surface area contributed by atoms with Crippen LogP contribution < -0.4 is 0 Å². The van der Waals surface area contributed by atoms with E-state index in [-0.39, 0.29) is 0 Å². The lowest BCUT2D eigenvalue weighted by Crippen LogP contribution is -2.11. The molecule has 0 spiro atoms. The summed E-state index contributed by atoms with van der Waals surface area (Å²) in [6.45, 7) is 9.46. The molecule has 9 rings (SSSR count). The first kappa shape index (κ1) is 34.2. The molecular formula is C50H66O. The molecule has 1 heteroatoms. The van der Waals surface area contributed by atoms with Gasteiger partial charge in [0.2, 0.25) is 0 Å². The zero-order chi connectivity index (χ0) is 34.8. The third-order valence-corrected chi connectivity index (χ3v) is 16.9. The number of hydrogen-bond acceptors (Lipinski definition) is 1. The van der Waals surface area contributed by atoms with Crippen LogP contribution in [-0.4, -0.2) is 5.11 Å². The highest BCUT2D eigenvalue weighted by Gasteiger charge is 2.49. The Morgan fingerprint density at radius 2 is 0.980 bits per heavy atom. The van der Waals surface area contributed by atoms with E-state index >= 15 is 0 Å². The minimum atomic E-state index is 0.507. The van der Waals surface area contributed by atoms with Crippen LogP contribution in [0, 0.1) is 94.7 Å². The number of rotatable bonds is 8. The first-order valence-electron chi connectivity index (χ1n) is 21.7. The Hall–Kier alpha value is -2.54. The van der Waals surface area contributed by atoms with Crippen LogP contribution in [0.25, 0.3) is 0 Å². The van der Waals surface area contributed by atoms with E-state index in [0.717, 1.165) is 82.9 Å². The lowest BCUT2D eigenvalue weighted by atomic mass is 9.84. The van der Waals surface area contributed by atoms with Gasteiger partial charge in [0.15, 0.2) is 0 Å². The number of phenols is 1. The van der Waals surface area contributed by atoms with Gasteiger partial charge in [0.1, 0.15) is 5.75 Å². The molecule has 1 nitrogen and oxygen atoms in total. The molecule has 6 fully saturated rings. The molecule has 1 aromatic rings. The number of allylic oxidation sites excluding steroid dienone is 12. The Balaban J connectivity index is 0.865. The predicted octanol–water partition coefficient (Wildman–Crippen LogP) is 12.8. The highest BCUT2D eigenvalue weighted by Crippen LogP contribution is 2.60. The lowest BCUT2D eigenvalue weighted by molar-refractivity contribution is 0.362. The maximum atomic E-state index is 11.3. The van der Waals surface area contributed by atoms with Gasteiger partial charge in [-0.3, -0.25) is 0 Å². The maximum absolute atomic E-state index is 11.3. The molecule has 0 amide bonds. The molecular weight excluding hydrogens is 617 g/mol. The SMILES string of the molecule is C/C=C/C1CC(/C=C/C2CC(C)C3CC(c4ccc(O)c(C5CC6C(C)CC(/C=C/C7CC(/C=C/C)C8CC=CC78)C6C5)c4)CC23)C2C=CCC12. The second-order valence-corrected chi connectivity index (χ2v) is 19.3. The summed E-state index contributed by atoms with van der Waals surface area (Å²) in [6.07, 6.45) is 43.4. The van der Waals surface area contributed by atoms with Gasteiger partial charge in [0.05, 0.1) is 0 Å². The fraction of sp³-hybridized carbons (Fsp3) is 0.640. The second kappa shape index (κ2) is 14.0. The van der Waals surface area contributed by atoms with Gasteiger partial charge in [0, 0.05) is 0 Å². The predicted molar refractivity (Wildman–Crippen MR) is 213 cm³/mol. The van der Waals surface area contributed by atoms with Gasteiger partial charge in [-0.1, -0.05) is 98.9 Å². The first-order chi connectivity index (χ1) is 24.9. The third-order valence-electron chi connectivity index (χ3n) is 16.9. The molecule has 8 aliphatic carbocycles. The molecule has 0 aliphatic heterocycles. The number of phenolic OH excluding ortho intramolecular Hbond substituents is 1. The van der Waals surface area contributed by atoms with Crippen molar-refractivity contribution >= 4 is 0 Å². The van der Waals surface area contributed by atoms with Gasteiger partial charge in [-0.2, -0.15) is 0 Å². The minimum absolute atomic E-state index is 0.507. The summed E-state index contributed by atoms with van der Waals surface area (Å²) in [5, 5.41) is 11.3. The Morgan fingerprint density at radius 3 is 1.53 bits per heavy atom. The fourth-order valence-corrected chi connectivity index (χ4v) is 14.6.